The Morgan fingerprint density at radius 1 is 1.14 bits per heavy atom. The third-order valence-corrected chi connectivity index (χ3v) is 3.98. The molecule has 1 N–H and O–H groups in total. The first-order valence-electron chi connectivity index (χ1n) is 7.93. The van der Waals surface area contributed by atoms with Crippen LogP contribution in [0.2, 0.25) is 0 Å². The van der Waals surface area contributed by atoms with Crippen LogP contribution in [-0.4, -0.2) is 37.1 Å². The molecule has 2 rings (SSSR count). The molecule has 1 saturated heterocycles. The van der Waals surface area contributed by atoms with E-state index in [1.54, 1.807) is 0 Å². The van der Waals surface area contributed by atoms with E-state index in [1.165, 1.54) is 18.7 Å². The van der Waals surface area contributed by atoms with Crippen molar-refractivity contribution in [3.8, 4) is 0 Å². The van der Waals surface area contributed by atoms with Gasteiger partial charge in [0.25, 0.3) is 0 Å². The number of nitrogens with zero attached hydrogens (tertiary/aromatic N) is 1. The van der Waals surface area contributed by atoms with Crippen LogP contribution in [0.25, 0.3) is 0 Å². The van der Waals surface area contributed by atoms with Gasteiger partial charge in [0.2, 0.25) is 0 Å². The molecular weight excluding hydrogens is 270 g/mol. The summed E-state index contributed by atoms with van der Waals surface area (Å²) >= 11 is 0. The number of halogens is 2. The molecule has 1 aromatic carbocycles. The fraction of sp³-hybridized carbons (Fsp3) is 0.647. The van der Waals surface area contributed by atoms with E-state index in [9.17, 15) is 8.78 Å². The summed E-state index contributed by atoms with van der Waals surface area (Å²) in [7, 11) is 0. The van der Waals surface area contributed by atoms with E-state index in [4.69, 9.17) is 0 Å². The third-order valence-electron chi connectivity index (χ3n) is 3.98. The lowest BCUT2D eigenvalue weighted by molar-refractivity contribution is 0.180. The van der Waals surface area contributed by atoms with Crippen LogP contribution < -0.4 is 5.32 Å². The van der Waals surface area contributed by atoms with Crippen molar-refractivity contribution in [3.05, 3.63) is 35.4 Å². The summed E-state index contributed by atoms with van der Waals surface area (Å²) in [5.74, 6) is -0.267. The van der Waals surface area contributed by atoms with Gasteiger partial charge in [-0.15, -0.1) is 0 Å². The minimum Gasteiger partial charge on any atom is -0.314 e. The second kappa shape index (κ2) is 7.85. The van der Waals surface area contributed by atoms with Crippen molar-refractivity contribution >= 4 is 0 Å². The molecular formula is C17H26F2N2. The highest BCUT2D eigenvalue weighted by Gasteiger charge is 2.18. The van der Waals surface area contributed by atoms with Crippen LogP contribution in [0.4, 0.5) is 8.78 Å². The van der Waals surface area contributed by atoms with E-state index in [1.807, 2.05) is 0 Å². The summed E-state index contributed by atoms with van der Waals surface area (Å²) in [6.45, 7) is 8.74. The Morgan fingerprint density at radius 2 is 1.76 bits per heavy atom. The first-order chi connectivity index (χ1) is 10.0. The first-order valence-corrected chi connectivity index (χ1v) is 7.93. The zero-order chi connectivity index (χ0) is 15.2. The highest BCUT2D eigenvalue weighted by Crippen LogP contribution is 2.13. The predicted octanol–water partition coefficient (Wildman–Crippen LogP) is 3.22. The first kappa shape index (κ1) is 16.4. The van der Waals surface area contributed by atoms with Crippen molar-refractivity contribution in [1.82, 2.24) is 10.2 Å². The molecule has 0 atom stereocenters. The third kappa shape index (κ3) is 5.71. The van der Waals surface area contributed by atoms with E-state index in [-0.39, 0.29) is 0 Å². The molecule has 2 nitrogen and oxygen atoms in total. The molecule has 0 bridgehead atoms. The standard InChI is InChI=1S/C17H26F2N2/c1-13(2)12-21-7-4-17(5-8-21)20-6-3-14-9-15(18)11-16(19)10-14/h9-11,13,17,20H,3-8,12H2,1-2H3. The molecule has 0 aromatic heterocycles. The number of nitrogens with one attached hydrogen (secondary N) is 1. The number of benzene rings is 1. The fourth-order valence-corrected chi connectivity index (χ4v) is 3.01. The summed E-state index contributed by atoms with van der Waals surface area (Å²) in [6, 6.07) is 4.28. The maximum absolute atomic E-state index is 13.1. The quantitative estimate of drug-likeness (QED) is 0.867. The second-order valence-electron chi connectivity index (χ2n) is 6.45. The zero-order valence-electron chi connectivity index (χ0n) is 13.0. The molecule has 0 spiro atoms. The molecule has 0 amide bonds. The van der Waals surface area contributed by atoms with Gasteiger partial charge in [0.1, 0.15) is 11.6 Å². The van der Waals surface area contributed by atoms with Gasteiger partial charge in [-0.1, -0.05) is 13.8 Å². The minimum absolute atomic E-state index is 0.494. The highest BCUT2D eigenvalue weighted by molar-refractivity contribution is 5.18. The van der Waals surface area contributed by atoms with E-state index < -0.39 is 11.6 Å². The Morgan fingerprint density at radius 3 is 2.33 bits per heavy atom. The summed E-state index contributed by atoms with van der Waals surface area (Å²) in [4.78, 5) is 2.52. The van der Waals surface area contributed by atoms with Crippen LogP contribution in [0.15, 0.2) is 18.2 Å². The molecule has 4 heteroatoms. The number of rotatable bonds is 6. The molecule has 118 valence electrons. The second-order valence-corrected chi connectivity index (χ2v) is 6.45. The average molecular weight is 296 g/mol. The molecule has 1 aliphatic heterocycles. The summed E-state index contributed by atoms with van der Waals surface area (Å²) in [5.41, 5.74) is 0.720. The average Bonchev–Trinajstić information content (AvgIpc) is 2.39. The Labute approximate surface area is 126 Å². The van der Waals surface area contributed by atoms with Crippen LogP contribution in [0.1, 0.15) is 32.3 Å². The van der Waals surface area contributed by atoms with Crippen LogP contribution in [0, 0.1) is 17.6 Å². The van der Waals surface area contributed by atoms with E-state index >= 15 is 0 Å². The van der Waals surface area contributed by atoms with Crippen LogP contribution in [0.3, 0.4) is 0 Å². The monoisotopic (exact) mass is 296 g/mol. The van der Waals surface area contributed by atoms with Crippen LogP contribution in [0.5, 0.6) is 0 Å². The Bertz CT molecular complexity index is 420. The maximum Gasteiger partial charge on any atom is 0.126 e. The van der Waals surface area contributed by atoms with E-state index in [0.717, 1.165) is 50.0 Å². The number of piperidine rings is 1. The van der Waals surface area contributed by atoms with Gasteiger partial charge in [-0.25, -0.2) is 8.78 Å². The molecule has 1 aromatic rings. The van der Waals surface area contributed by atoms with Crippen LogP contribution in [-0.2, 0) is 6.42 Å². The zero-order valence-corrected chi connectivity index (χ0v) is 13.0. The SMILES string of the molecule is CC(C)CN1CCC(NCCc2cc(F)cc(F)c2)CC1. The Balaban J connectivity index is 1.68. The maximum atomic E-state index is 13.1. The number of hydrogen-bond acceptors (Lipinski definition) is 2. The van der Waals surface area contributed by atoms with Gasteiger partial charge in [-0.3, -0.25) is 0 Å². The number of hydrogen-bond donors (Lipinski definition) is 1. The van der Waals surface area contributed by atoms with Crippen molar-refractivity contribution in [2.75, 3.05) is 26.2 Å². The molecule has 1 fully saturated rings. The topological polar surface area (TPSA) is 15.3 Å². The lowest BCUT2D eigenvalue weighted by atomic mass is 10.0. The lowest BCUT2D eigenvalue weighted by Gasteiger charge is -2.33. The Hall–Kier alpha value is -1.00. The normalized spacial score (nSPS) is 17.6. The minimum atomic E-state index is -0.494. The van der Waals surface area contributed by atoms with Gasteiger partial charge in [0.05, 0.1) is 0 Å². The van der Waals surface area contributed by atoms with Crippen molar-refractivity contribution in [2.24, 2.45) is 5.92 Å². The van der Waals surface area contributed by atoms with Gasteiger partial charge in [0, 0.05) is 18.7 Å². The molecule has 1 heterocycles. The summed E-state index contributed by atoms with van der Waals surface area (Å²) < 4.78 is 26.2. The van der Waals surface area contributed by atoms with Crippen molar-refractivity contribution in [1.29, 1.82) is 0 Å². The van der Waals surface area contributed by atoms with Crippen LogP contribution >= 0.6 is 0 Å². The van der Waals surface area contributed by atoms with Gasteiger partial charge in [-0.2, -0.15) is 0 Å². The molecule has 0 radical (unpaired) electrons. The summed E-state index contributed by atoms with van der Waals surface area (Å²) in [6.07, 6.45) is 2.98. The van der Waals surface area contributed by atoms with E-state index in [2.05, 4.69) is 24.1 Å². The Kier molecular flexibility index (Phi) is 6.12. The lowest BCUT2D eigenvalue weighted by Crippen LogP contribution is -2.44. The van der Waals surface area contributed by atoms with Crippen molar-refractivity contribution in [3.63, 3.8) is 0 Å². The molecule has 1 aliphatic rings. The predicted molar refractivity (Wildman–Crippen MR) is 82.4 cm³/mol. The van der Waals surface area contributed by atoms with Gasteiger partial charge in [-0.05, 0) is 62.5 Å². The van der Waals surface area contributed by atoms with Gasteiger partial charge >= 0.3 is 0 Å². The molecule has 0 aliphatic carbocycles. The van der Waals surface area contributed by atoms with Crippen molar-refractivity contribution < 1.29 is 8.78 Å². The highest BCUT2D eigenvalue weighted by atomic mass is 19.1. The summed E-state index contributed by atoms with van der Waals surface area (Å²) in [5, 5.41) is 3.51. The van der Waals surface area contributed by atoms with Gasteiger partial charge < -0.3 is 10.2 Å². The van der Waals surface area contributed by atoms with E-state index in [0.29, 0.717) is 12.5 Å². The molecule has 0 saturated carbocycles. The van der Waals surface area contributed by atoms with Crippen molar-refractivity contribution in [2.45, 2.75) is 39.2 Å². The largest absolute Gasteiger partial charge is 0.314 e. The number of likely N-dealkylation sites (tertiary alicyclic amines) is 1. The molecule has 21 heavy (non-hydrogen) atoms. The smallest absolute Gasteiger partial charge is 0.126 e. The fourth-order valence-electron chi connectivity index (χ4n) is 3.01. The molecule has 0 unspecified atom stereocenters. The van der Waals surface area contributed by atoms with Gasteiger partial charge in [0.15, 0.2) is 0 Å².